The number of rotatable bonds is 7. The lowest BCUT2D eigenvalue weighted by Crippen LogP contribution is -2.56. The lowest BCUT2D eigenvalue weighted by Gasteiger charge is -2.26. The number of nitrogens with one attached hydrogen (secondary N) is 3. The molecule has 0 spiro atoms. The molecule has 0 bridgehead atoms. The molecule has 0 fully saturated rings. The van der Waals surface area contributed by atoms with Gasteiger partial charge in [0.15, 0.2) is 5.96 Å². The molecule has 0 radical (unpaired) electrons. The normalized spacial score (nSPS) is 18.4. The molecule has 0 aromatic heterocycles. The third kappa shape index (κ3) is 7.68. The average molecular weight is 555 g/mol. The molecule has 1 aliphatic rings. The fraction of sp³-hybridized carbons (Fsp3) is 0.346. The minimum absolute atomic E-state index is 0.0441. The highest BCUT2D eigenvalue weighted by atomic mass is 16.5. The summed E-state index contributed by atoms with van der Waals surface area (Å²) in [6.45, 7) is 1.58. The summed E-state index contributed by atoms with van der Waals surface area (Å²) in [7, 11) is 0. The summed E-state index contributed by atoms with van der Waals surface area (Å²) in [5.41, 5.74) is 23.0. The van der Waals surface area contributed by atoms with Crippen molar-refractivity contribution in [1.29, 1.82) is 0 Å². The summed E-state index contributed by atoms with van der Waals surface area (Å²) in [6.07, 6.45) is -0.00886. The van der Waals surface area contributed by atoms with Gasteiger partial charge in [-0.25, -0.2) is 4.99 Å². The Morgan fingerprint density at radius 3 is 2.48 bits per heavy atom. The lowest BCUT2D eigenvalue weighted by molar-refractivity contribution is -0.130. The van der Waals surface area contributed by atoms with E-state index in [1.54, 1.807) is 0 Å². The highest BCUT2D eigenvalue weighted by Gasteiger charge is 2.31. The number of amides is 4. The molecule has 2 aromatic carbocycles. The number of hydrogen-bond acceptors (Lipinski definition) is 8. The molecule has 4 amide bonds. The molecule has 3 atom stereocenters. The van der Waals surface area contributed by atoms with Gasteiger partial charge in [0.25, 0.3) is 5.91 Å². The Bertz CT molecular complexity index is 1310. The third-order valence-corrected chi connectivity index (χ3v) is 6.13. The van der Waals surface area contributed by atoms with Gasteiger partial charge in [-0.05, 0) is 63.1 Å². The molecule has 0 saturated heterocycles. The van der Waals surface area contributed by atoms with E-state index in [4.69, 9.17) is 27.7 Å². The van der Waals surface area contributed by atoms with Crippen LogP contribution in [0, 0.1) is 0 Å². The number of carbonyl (C=O) groups excluding carboxylic acids is 4. The van der Waals surface area contributed by atoms with Crippen LogP contribution in [0.3, 0.4) is 0 Å². The van der Waals surface area contributed by atoms with Crippen LogP contribution in [-0.2, 0) is 16.2 Å². The van der Waals surface area contributed by atoms with Gasteiger partial charge >= 0.3 is 0 Å². The Hall–Kier alpha value is -4.69. The van der Waals surface area contributed by atoms with Crippen LogP contribution in [0.5, 0.6) is 5.75 Å². The molecule has 1 heterocycles. The van der Waals surface area contributed by atoms with Crippen LogP contribution < -0.4 is 43.6 Å². The highest BCUT2D eigenvalue weighted by molar-refractivity contribution is 6.03. The van der Waals surface area contributed by atoms with Crippen molar-refractivity contribution in [1.82, 2.24) is 10.6 Å². The predicted octanol–water partition coefficient (Wildman–Crippen LogP) is -0.685. The zero-order chi connectivity index (χ0) is 29.4. The van der Waals surface area contributed by atoms with Crippen molar-refractivity contribution in [3.63, 3.8) is 0 Å². The first-order chi connectivity index (χ1) is 19.0. The predicted molar refractivity (Wildman–Crippen MR) is 148 cm³/mol. The van der Waals surface area contributed by atoms with Crippen molar-refractivity contribution in [2.75, 3.05) is 11.9 Å². The molecule has 214 valence electrons. The Balaban J connectivity index is 2.12. The lowest BCUT2D eigenvalue weighted by atomic mass is 10.0. The fourth-order valence-corrected chi connectivity index (χ4v) is 4.03. The molecule has 1 aliphatic heterocycles. The standard InChI is InChI=1S/C26H34N8O6/c1-13(35)21-25(39)33-19-10-14(22(28)36)5-6-15(19)12-40-20-8-7-16(31-26(29)30)11-17(20)23(37)32-18(24(38)34-21)4-2-3-9-27/h5-8,10-11,13,18,21,35H,2-4,9,12,27H2,1H3,(H2,28,36)(H,32,37)(H,33,39)(H,34,38)(H4,29,30,31)/t13-,18+,21+/m1/s1. The minimum Gasteiger partial charge on any atom is -0.488 e. The summed E-state index contributed by atoms with van der Waals surface area (Å²) >= 11 is 0. The highest BCUT2D eigenvalue weighted by Crippen LogP contribution is 2.28. The first-order valence-corrected chi connectivity index (χ1v) is 12.6. The zero-order valence-corrected chi connectivity index (χ0v) is 22.0. The van der Waals surface area contributed by atoms with Gasteiger partial charge < -0.3 is 48.7 Å². The van der Waals surface area contributed by atoms with Crippen LogP contribution in [0.1, 0.15) is 52.5 Å². The summed E-state index contributed by atoms with van der Waals surface area (Å²) in [5.74, 6) is -2.92. The first-order valence-electron chi connectivity index (χ1n) is 12.6. The van der Waals surface area contributed by atoms with E-state index in [9.17, 15) is 24.3 Å². The molecule has 40 heavy (non-hydrogen) atoms. The number of aliphatic hydroxyl groups is 1. The van der Waals surface area contributed by atoms with Crippen molar-refractivity contribution < 1.29 is 29.0 Å². The Labute approximate surface area is 230 Å². The number of aliphatic imine (C=N–C) groups is 1. The number of unbranched alkanes of at least 4 members (excludes halogenated alkanes) is 1. The number of aliphatic hydroxyl groups excluding tert-OH is 1. The van der Waals surface area contributed by atoms with Gasteiger partial charge in [0.05, 0.1) is 17.4 Å². The van der Waals surface area contributed by atoms with E-state index >= 15 is 0 Å². The monoisotopic (exact) mass is 554 g/mol. The van der Waals surface area contributed by atoms with Gasteiger partial charge in [-0.2, -0.15) is 0 Å². The number of ether oxygens (including phenoxy) is 1. The first kappa shape index (κ1) is 29.9. The number of nitrogens with two attached hydrogens (primary N) is 4. The SMILES string of the molecule is C[C@@H](O)[C@@H]1NC(=O)[C@H](CCCCN)NC(=O)c2cc(N=C(N)N)ccc2OCc2ccc(C(N)=O)cc2NC1=O. The quantitative estimate of drug-likeness (QED) is 0.122. The maximum absolute atomic E-state index is 13.5. The number of fused-ring (bicyclic) bond motifs is 2. The fourth-order valence-electron chi connectivity index (χ4n) is 4.03. The van der Waals surface area contributed by atoms with E-state index in [1.165, 1.54) is 43.3 Å². The molecule has 3 rings (SSSR count). The van der Waals surface area contributed by atoms with E-state index in [-0.39, 0.29) is 47.2 Å². The third-order valence-electron chi connectivity index (χ3n) is 6.13. The van der Waals surface area contributed by atoms with E-state index in [2.05, 4.69) is 20.9 Å². The van der Waals surface area contributed by atoms with Gasteiger partial charge in [-0.3, -0.25) is 19.2 Å². The molecule has 2 aromatic rings. The summed E-state index contributed by atoms with van der Waals surface area (Å²) in [6, 6.07) is 6.30. The topological polar surface area (TPSA) is 250 Å². The van der Waals surface area contributed by atoms with Crippen molar-refractivity contribution in [3.05, 3.63) is 53.1 Å². The van der Waals surface area contributed by atoms with E-state index in [0.717, 1.165) is 0 Å². The Morgan fingerprint density at radius 2 is 1.82 bits per heavy atom. The van der Waals surface area contributed by atoms with Crippen molar-refractivity contribution >= 4 is 41.0 Å². The van der Waals surface area contributed by atoms with Crippen LogP contribution in [0.25, 0.3) is 0 Å². The number of guanidine groups is 1. The van der Waals surface area contributed by atoms with Gasteiger partial charge in [0.2, 0.25) is 17.7 Å². The molecular weight excluding hydrogens is 520 g/mol. The van der Waals surface area contributed by atoms with E-state index < -0.39 is 41.8 Å². The zero-order valence-electron chi connectivity index (χ0n) is 22.0. The van der Waals surface area contributed by atoms with Crippen LogP contribution in [0.15, 0.2) is 41.4 Å². The van der Waals surface area contributed by atoms with Crippen LogP contribution in [0.4, 0.5) is 11.4 Å². The van der Waals surface area contributed by atoms with Crippen molar-refractivity contribution in [2.45, 2.75) is 51.0 Å². The second-order valence-electron chi connectivity index (χ2n) is 9.27. The number of nitrogens with zero attached hydrogens (tertiary/aromatic N) is 1. The number of anilines is 1. The molecule has 14 nitrogen and oxygen atoms in total. The maximum atomic E-state index is 13.5. The molecule has 12 N–H and O–H groups in total. The maximum Gasteiger partial charge on any atom is 0.255 e. The number of primary amides is 1. The molecule has 0 aliphatic carbocycles. The number of benzene rings is 2. The Morgan fingerprint density at radius 1 is 1.07 bits per heavy atom. The second kappa shape index (κ2) is 13.4. The average Bonchev–Trinajstić information content (AvgIpc) is 2.89. The summed E-state index contributed by atoms with van der Waals surface area (Å²) < 4.78 is 5.95. The number of carbonyl (C=O) groups is 4. The van der Waals surface area contributed by atoms with Crippen LogP contribution in [0.2, 0.25) is 0 Å². The van der Waals surface area contributed by atoms with E-state index in [0.29, 0.717) is 24.9 Å². The van der Waals surface area contributed by atoms with Gasteiger partial charge in [0, 0.05) is 16.8 Å². The minimum atomic E-state index is -1.39. The van der Waals surface area contributed by atoms with Crippen molar-refractivity contribution in [3.8, 4) is 5.75 Å². The largest absolute Gasteiger partial charge is 0.488 e. The molecule has 0 unspecified atom stereocenters. The summed E-state index contributed by atoms with van der Waals surface area (Å²) in [5, 5.41) is 18.2. The molecular formula is C26H34N8O6. The Kier molecular flexibility index (Phi) is 10.00. The number of hydrogen-bond donors (Lipinski definition) is 8. The summed E-state index contributed by atoms with van der Waals surface area (Å²) in [4.78, 5) is 55.7. The van der Waals surface area contributed by atoms with Crippen molar-refractivity contribution in [2.24, 2.45) is 27.9 Å². The smallest absolute Gasteiger partial charge is 0.255 e. The van der Waals surface area contributed by atoms with Gasteiger partial charge in [-0.15, -0.1) is 0 Å². The molecule has 14 heteroatoms. The second-order valence-corrected chi connectivity index (χ2v) is 9.27. The van der Waals surface area contributed by atoms with Crippen LogP contribution in [-0.4, -0.2) is 59.4 Å². The van der Waals surface area contributed by atoms with Gasteiger partial charge in [-0.1, -0.05) is 6.07 Å². The molecule has 0 saturated carbocycles. The van der Waals surface area contributed by atoms with Gasteiger partial charge in [0.1, 0.15) is 24.4 Å². The van der Waals surface area contributed by atoms with E-state index in [1.807, 2.05) is 0 Å². The van der Waals surface area contributed by atoms with Crippen LogP contribution >= 0.6 is 0 Å².